The van der Waals surface area contributed by atoms with Gasteiger partial charge in [0.15, 0.2) is 0 Å². The van der Waals surface area contributed by atoms with Crippen molar-refractivity contribution in [2.24, 2.45) is 0 Å². The van der Waals surface area contributed by atoms with Gasteiger partial charge in [-0.3, -0.25) is 9.59 Å². The van der Waals surface area contributed by atoms with E-state index in [0.717, 1.165) is 11.1 Å². The molecule has 0 aliphatic carbocycles. The monoisotopic (exact) mass is 220 g/mol. The van der Waals surface area contributed by atoms with Gasteiger partial charge in [0.2, 0.25) is 11.8 Å². The van der Waals surface area contributed by atoms with Crippen molar-refractivity contribution in [1.29, 1.82) is 0 Å². The number of nitrogens with one attached hydrogen (secondary N) is 2. The Hall–Kier alpha value is -1.84. The lowest BCUT2D eigenvalue weighted by Crippen LogP contribution is -2.23. The van der Waals surface area contributed by atoms with Crippen LogP contribution in [-0.4, -0.2) is 11.8 Å². The van der Waals surface area contributed by atoms with Gasteiger partial charge in [-0.15, -0.1) is 0 Å². The Morgan fingerprint density at radius 1 is 0.938 bits per heavy atom. The van der Waals surface area contributed by atoms with Crippen molar-refractivity contribution in [1.82, 2.24) is 10.6 Å². The maximum Gasteiger partial charge on any atom is 0.217 e. The van der Waals surface area contributed by atoms with E-state index in [-0.39, 0.29) is 11.8 Å². The highest BCUT2D eigenvalue weighted by molar-refractivity contribution is 5.73. The van der Waals surface area contributed by atoms with Crippen LogP contribution in [0.2, 0.25) is 0 Å². The molecule has 1 aromatic rings. The minimum Gasteiger partial charge on any atom is -0.352 e. The summed E-state index contributed by atoms with van der Waals surface area (Å²) in [5.74, 6) is -0.122. The zero-order valence-corrected chi connectivity index (χ0v) is 9.54. The Morgan fingerprint density at radius 3 is 1.62 bits per heavy atom. The van der Waals surface area contributed by atoms with Crippen LogP contribution in [0.25, 0.3) is 0 Å². The third kappa shape index (κ3) is 4.13. The largest absolute Gasteiger partial charge is 0.352 e. The van der Waals surface area contributed by atoms with Gasteiger partial charge >= 0.3 is 0 Å². The zero-order valence-electron chi connectivity index (χ0n) is 9.54. The molecule has 0 saturated carbocycles. The van der Waals surface area contributed by atoms with Gasteiger partial charge in [0.05, 0.1) is 0 Å². The molecule has 0 saturated heterocycles. The average molecular weight is 220 g/mol. The number of hydrogen-bond acceptors (Lipinski definition) is 2. The van der Waals surface area contributed by atoms with E-state index in [0.29, 0.717) is 13.1 Å². The lowest BCUT2D eigenvalue weighted by molar-refractivity contribution is -0.120. The fourth-order valence-corrected chi connectivity index (χ4v) is 1.34. The standard InChI is InChI=1S/C12H16N2O2/c1-9(15)13-7-11-5-3-4-6-12(11)8-14-10(2)16/h3-6H,7-8H2,1-2H3,(H,13,15)(H,14,16). The van der Waals surface area contributed by atoms with E-state index in [1.54, 1.807) is 0 Å². The first-order valence-electron chi connectivity index (χ1n) is 5.15. The van der Waals surface area contributed by atoms with Gasteiger partial charge in [-0.2, -0.15) is 0 Å². The number of benzene rings is 1. The van der Waals surface area contributed by atoms with Crippen LogP contribution in [0.1, 0.15) is 25.0 Å². The van der Waals surface area contributed by atoms with Crippen molar-refractivity contribution in [3.8, 4) is 0 Å². The SMILES string of the molecule is CC(=O)NCc1ccccc1CNC(C)=O. The molecule has 0 radical (unpaired) electrons. The van der Waals surface area contributed by atoms with Crippen LogP contribution in [0.3, 0.4) is 0 Å². The highest BCUT2D eigenvalue weighted by Crippen LogP contribution is 2.08. The summed E-state index contributed by atoms with van der Waals surface area (Å²) in [6, 6.07) is 7.70. The molecule has 4 heteroatoms. The maximum atomic E-state index is 10.8. The second kappa shape index (κ2) is 5.90. The molecule has 0 aliphatic rings. The summed E-state index contributed by atoms with van der Waals surface area (Å²) in [6.45, 7) is 3.95. The Bertz CT molecular complexity index is 351. The van der Waals surface area contributed by atoms with Crippen LogP contribution >= 0.6 is 0 Å². The molecule has 0 fully saturated rings. The molecule has 86 valence electrons. The zero-order chi connectivity index (χ0) is 12.0. The molecule has 16 heavy (non-hydrogen) atoms. The first-order valence-corrected chi connectivity index (χ1v) is 5.15. The maximum absolute atomic E-state index is 10.8. The lowest BCUT2D eigenvalue weighted by Gasteiger charge is -2.10. The molecule has 0 spiro atoms. The Morgan fingerprint density at radius 2 is 1.31 bits per heavy atom. The van der Waals surface area contributed by atoms with Crippen molar-refractivity contribution in [2.45, 2.75) is 26.9 Å². The van der Waals surface area contributed by atoms with Gasteiger partial charge in [0.25, 0.3) is 0 Å². The van der Waals surface area contributed by atoms with Crippen LogP contribution in [0.5, 0.6) is 0 Å². The van der Waals surface area contributed by atoms with Crippen LogP contribution in [0.15, 0.2) is 24.3 Å². The minimum atomic E-state index is -0.0608. The van der Waals surface area contributed by atoms with Gasteiger partial charge in [0.1, 0.15) is 0 Å². The molecule has 0 aliphatic heterocycles. The smallest absolute Gasteiger partial charge is 0.217 e. The van der Waals surface area contributed by atoms with E-state index in [2.05, 4.69) is 10.6 Å². The number of amides is 2. The fraction of sp³-hybridized carbons (Fsp3) is 0.333. The van der Waals surface area contributed by atoms with Gasteiger partial charge in [0, 0.05) is 26.9 Å². The predicted molar refractivity (Wildman–Crippen MR) is 61.5 cm³/mol. The van der Waals surface area contributed by atoms with E-state index in [4.69, 9.17) is 0 Å². The molecule has 0 unspecified atom stereocenters. The van der Waals surface area contributed by atoms with Gasteiger partial charge in [-0.05, 0) is 11.1 Å². The molecule has 2 N–H and O–H groups in total. The third-order valence-electron chi connectivity index (χ3n) is 2.17. The van der Waals surface area contributed by atoms with Gasteiger partial charge in [-0.25, -0.2) is 0 Å². The highest BCUT2D eigenvalue weighted by atomic mass is 16.2. The predicted octanol–water partition coefficient (Wildman–Crippen LogP) is 0.959. The van der Waals surface area contributed by atoms with E-state index in [1.165, 1.54) is 13.8 Å². The van der Waals surface area contributed by atoms with Crippen LogP contribution in [0.4, 0.5) is 0 Å². The quantitative estimate of drug-likeness (QED) is 0.794. The number of hydrogen-bond donors (Lipinski definition) is 2. The van der Waals surface area contributed by atoms with Crippen molar-refractivity contribution >= 4 is 11.8 Å². The normalized spacial score (nSPS) is 9.62. The summed E-state index contributed by atoms with van der Waals surface area (Å²) in [6.07, 6.45) is 0. The summed E-state index contributed by atoms with van der Waals surface area (Å²) < 4.78 is 0. The Kier molecular flexibility index (Phi) is 4.51. The summed E-state index contributed by atoms with van der Waals surface area (Å²) in [4.78, 5) is 21.6. The molecule has 0 heterocycles. The molecule has 1 aromatic carbocycles. The van der Waals surface area contributed by atoms with E-state index in [1.807, 2.05) is 24.3 Å². The summed E-state index contributed by atoms with van der Waals surface area (Å²) in [5, 5.41) is 5.48. The third-order valence-corrected chi connectivity index (χ3v) is 2.17. The number of carbonyl (C=O) groups excluding carboxylic acids is 2. The fourth-order valence-electron chi connectivity index (χ4n) is 1.34. The van der Waals surface area contributed by atoms with Crippen molar-refractivity contribution in [2.75, 3.05) is 0 Å². The van der Waals surface area contributed by atoms with Gasteiger partial charge < -0.3 is 10.6 Å². The summed E-state index contributed by atoms with van der Waals surface area (Å²) >= 11 is 0. The van der Waals surface area contributed by atoms with Crippen LogP contribution in [0, 0.1) is 0 Å². The first kappa shape index (κ1) is 12.2. The Labute approximate surface area is 95.0 Å². The van der Waals surface area contributed by atoms with Crippen molar-refractivity contribution in [3.05, 3.63) is 35.4 Å². The number of carbonyl (C=O) groups is 2. The second-order valence-corrected chi connectivity index (χ2v) is 3.59. The lowest BCUT2D eigenvalue weighted by atomic mass is 10.1. The van der Waals surface area contributed by atoms with Crippen LogP contribution < -0.4 is 10.6 Å². The Balaban J connectivity index is 2.67. The van der Waals surface area contributed by atoms with Crippen molar-refractivity contribution in [3.63, 3.8) is 0 Å². The van der Waals surface area contributed by atoms with E-state index >= 15 is 0 Å². The van der Waals surface area contributed by atoms with E-state index in [9.17, 15) is 9.59 Å². The summed E-state index contributed by atoms with van der Waals surface area (Å²) in [5.41, 5.74) is 2.04. The molecule has 4 nitrogen and oxygen atoms in total. The molecule has 0 bridgehead atoms. The number of rotatable bonds is 4. The molecular formula is C12H16N2O2. The topological polar surface area (TPSA) is 58.2 Å². The van der Waals surface area contributed by atoms with Gasteiger partial charge in [-0.1, -0.05) is 24.3 Å². The molecule has 2 amide bonds. The van der Waals surface area contributed by atoms with Crippen LogP contribution in [-0.2, 0) is 22.7 Å². The highest BCUT2D eigenvalue weighted by Gasteiger charge is 2.02. The van der Waals surface area contributed by atoms with E-state index < -0.39 is 0 Å². The molecule has 0 aromatic heterocycles. The first-order chi connectivity index (χ1) is 7.59. The second-order valence-electron chi connectivity index (χ2n) is 3.59. The van der Waals surface area contributed by atoms with Crippen molar-refractivity contribution < 1.29 is 9.59 Å². The molecule has 1 rings (SSSR count). The summed E-state index contributed by atoms with van der Waals surface area (Å²) in [7, 11) is 0. The minimum absolute atomic E-state index is 0.0608. The average Bonchev–Trinajstić information content (AvgIpc) is 2.24. The molecule has 0 atom stereocenters. The molecular weight excluding hydrogens is 204 g/mol.